The predicted molar refractivity (Wildman–Crippen MR) is 85.6 cm³/mol. The Morgan fingerprint density at radius 3 is 3.05 bits per heavy atom. The van der Waals surface area contributed by atoms with Crippen molar-refractivity contribution in [2.75, 3.05) is 39.0 Å². The maximum atomic E-state index is 12.6. The first kappa shape index (κ1) is 14.4. The largest absolute Gasteiger partial charge is 0.384 e. The van der Waals surface area contributed by atoms with Gasteiger partial charge < -0.3 is 15.1 Å². The highest BCUT2D eigenvalue weighted by atomic mass is 16.2. The highest BCUT2D eigenvalue weighted by molar-refractivity contribution is 5.78. The molecule has 1 saturated heterocycles. The first-order valence-electron chi connectivity index (χ1n) is 7.92. The molecule has 0 aliphatic carbocycles. The van der Waals surface area contributed by atoms with E-state index in [1.54, 1.807) is 0 Å². The molecule has 1 aromatic carbocycles. The zero-order valence-corrected chi connectivity index (χ0v) is 13.0. The van der Waals surface area contributed by atoms with Gasteiger partial charge in [0.05, 0.1) is 0 Å². The fraction of sp³-hybridized carbons (Fsp3) is 0.588. The lowest BCUT2D eigenvalue weighted by atomic mass is 9.96. The Morgan fingerprint density at radius 2 is 2.24 bits per heavy atom. The average molecular weight is 287 g/mol. The summed E-state index contributed by atoms with van der Waals surface area (Å²) >= 11 is 0. The minimum Gasteiger partial charge on any atom is -0.384 e. The van der Waals surface area contributed by atoms with Gasteiger partial charge in [-0.15, -0.1) is 0 Å². The van der Waals surface area contributed by atoms with Crippen molar-refractivity contribution in [1.29, 1.82) is 0 Å². The minimum atomic E-state index is 0.277. The summed E-state index contributed by atoms with van der Waals surface area (Å²) in [5, 5.41) is 3.40. The van der Waals surface area contributed by atoms with E-state index >= 15 is 0 Å². The molecular weight excluding hydrogens is 262 g/mol. The van der Waals surface area contributed by atoms with Gasteiger partial charge in [-0.3, -0.25) is 4.79 Å². The molecule has 2 atom stereocenters. The van der Waals surface area contributed by atoms with E-state index in [4.69, 9.17) is 0 Å². The van der Waals surface area contributed by atoms with Gasteiger partial charge in [-0.2, -0.15) is 0 Å². The van der Waals surface area contributed by atoms with Gasteiger partial charge in [0.2, 0.25) is 5.91 Å². The molecule has 3 rings (SSSR count). The summed E-state index contributed by atoms with van der Waals surface area (Å²) in [6.45, 7) is 3.03. The van der Waals surface area contributed by atoms with Gasteiger partial charge in [-0.05, 0) is 38.1 Å². The van der Waals surface area contributed by atoms with Crippen LogP contribution in [0.1, 0.15) is 30.7 Å². The quantitative estimate of drug-likeness (QED) is 0.925. The fourth-order valence-electron chi connectivity index (χ4n) is 3.55. The number of piperidine rings is 1. The van der Waals surface area contributed by atoms with Gasteiger partial charge in [0.15, 0.2) is 0 Å². The van der Waals surface area contributed by atoms with Crippen LogP contribution < -0.4 is 5.32 Å². The molecule has 4 nitrogen and oxygen atoms in total. The third-order valence-corrected chi connectivity index (χ3v) is 4.90. The van der Waals surface area contributed by atoms with E-state index in [2.05, 4.69) is 35.5 Å². The molecule has 2 heterocycles. The first-order chi connectivity index (χ1) is 10.1. The SMILES string of the molecule is CN1CCCC(N(C)C(=O)CC2CNc3ccccc32)C1. The van der Waals surface area contributed by atoms with Crippen molar-refractivity contribution in [2.45, 2.75) is 31.2 Å². The van der Waals surface area contributed by atoms with E-state index in [1.807, 2.05) is 18.0 Å². The smallest absolute Gasteiger partial charge is 0.223 e. The molecule has 0 aromatic heterocycles. The van der Waals surface area contributed by atoms with Crippen LogP contribution in [0.2, 0.25) is 0 Å². The Labute approximate surface area is 127 Å². The maximum Gasteiger partial charge on any atom is 0.223 e. The molecule has 0 saturated carbocycles. The fourth-order valence-corrected chi connectivity index (χ4v) is 3.55. The number of likely N-dealkylation sites (N-methyl/N-ethyl adjacent to an activating group) is 2. The lowest BCUT2D eigenvalue weighted by molar-refractivity contribution is -0.133. The monoisotopic (exact) mass is 287 g/mol. The molecule has 1 N–H and O–H groups in total. The van der Waals surface area contributed by atoms with Crippen molar-refractivity contribution in [3.63, 3.8) is 0 Å². The van der Waals surface area contributed by atoms with Crippen LogP contribution in [0.15, 0.2) is 24.3 Å². The molecule has 0 bridgehead atoms. The number of likely N-dealkylation sites (tertiary alicyclic amines) is 1. The maximum absolute atomic E-state index is 12.6. The van der Waals surface area contributed by atoms with E-state index in [0.717, 1.165) is 26.1 Å². The Balaban J connectivity index is 1.61. The number of nitrogens with zero attached hydrogens (tertiary/aromatic N) is 2. The predicted octanol–water partition coefficient (Wildman–Crippen LogP) is 2.14. The van der Waals surface area contributed by atoms with Gasteiger partial charge >= 0.3 is 0 Å². The second-order valence-corrected chi connectivity index (χ2v) is 6.43. The van der Waals surface area contributed by atoms with Gasteiger partial charge in [-0.1, -0.05) is 18.2 Å². The van der Waals surface area contributed by atoms with Crippen molar-refractivity contribution in [1.82, 2.24) is 9.80 Å². The molecule has 1 aromatic rings. The van der Waals surface area contributed by atoms with Crippen molar-refractivity contribution < 1.29 is 4.79 Å². The average Bonchev–Trinajstić information content (AvgIpc) is 2.90. The van der Waals surface area contributed by atoms with Crippen molar-refractivity contribution in [3.05, 3.63) is 29.8 Å². The number of para-hydroxylation sites is 1. The molecule has 114 valence electrons. The Hall–Kier alpha value is -1.55. The summed E-state index contributed by atoms with van der Waals surface area (Å²) < 4.78 is 0. The summed E-state index contributed by atoms with van der Waals surface area (Å²) in [6, 6.07) is 8.71. The zero-order valence-electron chi connectivity index (χ0n) is 13.0. The van der Waals surface area contributed by atoms with Crippen LogP contribution in [0.4, 0.5) is 5.69 Å². The second-order valence-electron chi connectivity index (χ2n) is 6.43. The van der Waals surface area contributed by atoms with Gasteiger partial charge in [0.25, 0.3) is 0 Å². The lowest BCUT2D eigenvalue weighted by Gasteiger charge is -2.36. The Bertz CT molecular complexity index is 517. The molecule has 0 spiro atoms. The zero-order chi connectivity index (χ0) is 14.8. The number of anilines is 1. The van der Waals surface area contributed by atoms with E-state index in [1.165, 1.54) is 17.7 Å². The summed E-state index contributed by atoms with van der Waals surface area (Å²) in [6.07, 6.45) is 2.93. The number of amides is 1. The molecule has 2 aliphatic heterocycles. The second kappa shape index (κ2) is 6.06. The highest BCUT2D eigenvalue weighted by Crippen LogP contribution is 2.33. The van der Waals surface area contributed by atoms with E-state index in [9.17, 15) is 4.79 Å². The number of nitrogens with one attached hydrogen (secondary N) is 1. The normalized spacial score (nSPS) is 25.2. The summed E-state index contributed by atoms with van der Waals surface area (Å²) in [4.78, 5) is 16.9. The number of fused-ring (bicyclic) bond motifs is 1. The van der Waals surface area contributed by atoms with Crippen LogP contribution in [0, 0.1) is 0 Å². The van der Waals surface area contributed by atoms with Crippen LogP contribution in [0.3, 0.4) is 0 Å². The van der Waals surface area contributed by atoms with Crippen LogP contribution in [-0.2, 0) is 4.79 Å². The first-order valence-corrected chi connectivity index (χ1v) is 7.92. The van der Waals surface area contributed by atoms with Gasteiger partial charge in [0, 0.05) is 44.2 Å². The Morgan fingerprint density at radius 1 is 1.43 bits per heavy atom. The molecular formula is C17H25N3O. The van der Waals surface area contributed by atoms with Crippen molar-refractivity contribution >= 4 is 11.6 Å². The van der Waals surface area contributed by atoms with Crippen LogP contribution in [-0.4, -0.2) is 55.5 Å². The van der Waals surface area contributed by atoms with Gasteiger partial charge in [0.1, 0.15) is 0 Å². The topological polar surface area (TPSA) is 35.6 Å². The lowest BCUT2D eigenvalue weighted by Crippen LogP contribution is -2.47. The molecule has 1 amide bonds. The number of hydrogen-bond acceptors (Lipinski definition) is 3. The molecule has 1 fully saturated rings. The standard InChI is InChI=1S/C17H25N3O/c1-19-9-5-6-14(12-19)20(2)17(21)10-13-11-18-16-8-4-3-7-15(13)16/h3-4,7-8,13-14,18H,5-6,9-12H2,1-2H3. The third-order valence-electron chi connectivity index (χ3n) is 4.90. The number of rotatable bonds is 3. The van der Waals surface area contributed by atoms with E-state index in [0.29, 0.717) is 18.4 Å². The molecule has 2 aliphatic rings. The number of benzene rings is 1. The molecule has 21 heavy (non-hydrogen) atoms. The van der Waals surface area contributed by atoms with E-state index < -0.39 is 0 Å². The minimum absolute atomic E-state index is 0.277. The van der Waals surface area contributed by atoms with Crippen LogP contribution in [0.25, 0.3) is 0 Å². The van der Waals surface area contributed by atoms with E-state index in [-0.39, 0.29) is 5.91 Å². The molecule has 0 radical (unpaired) electrons. The molecule has 4 heteroatoms. The number of hydrogen-bond donors (Lipinski definition) is 1. The van der Waals surface area contributed by atoms with Gasteiger partial charge in [-0.25, -0.2) is 0 Å². The Kier molecular flexibility index (Phi) is 4.15. The van der Waals surface area contributed by atoms with Crippen molar-refractivity contribution in [3.8, 4) is 0 Å². The summed E-state index contributed by atoms with van der Waals surface area (Å²) in [5.41, 5.74) is 2.48. The van der Waals surface area contributed by atoms with Crippen LogP contribution >= 0.6 is 0 Å². The number of carbonyl (C=O) groups excluding carboxylic acids is 1. The van der Waals surface area contributed by atoms with Crippen LogP contribution in [0.5, 0.6) is 0 Å². The van der Waals surface area contributed by atoms with Crippen molar-refractivity contribution in [2.24, 2.45) is 0 Å². The number of carbonyl (C=O) groups is 1. The summed E-state index contributed by atoms with van der Waals surface area (Å²) in [7, 11) is 4.11. The third kappa shape index (κ3) is 3.05. The summed E-state index contributed by atoms with van der Waals surface area (Å²) in [5.74, 6) is 0.594. The highest BCUT2D eigenvalue weighted by Gasteiger charge is 2.29. The molecule has 2 unspecified atom stereocenters.